The molecule has 4 rings (SSSR count). The molecule has 2 aromatic rings. The Hall–Kier alpha value is -2.26. The summed E-state index contributed by atoms with van der Waals surface area (Å²) in [4.78, 5) is 12.0. The molecule has 0 saturated heterocycles. The normalized spacial score (nSPS) is 22.1. The Labute approximate surface area is 170 Å². The first kappa shape index (κ1) is 20.0. The van der Waals surface area contributed by atoms with Crippen molar-refractivity contribution in [3.05, 3.63) is 41.2 Å². The molecule has 1 fully saturated rings. The van der Waals surface area contributed by atoms with Crippen LogP contribution in [0.4, 0.5) is 0 Å². The third kappa shape index (κ3) is 4.20. The molecule has 1 aromatic heterocycles. The van der Waals surface area contributed by atoms with Crippen LogP contribution in [0, 0.1) is 0 Å². The zero-order valence-electron chi connectivity index (χ0n) is 16.5. The van der Waals surface area contributed by atoms with Gasteiger partial charge in [-0.3, -0.25) is 0 Å². The Morgan fingerprint density at radius 2 is 1.90 bits per heavy atom. The Morgan fingerprint density at radius 3 is 2.69 bits per heavy atom. The number of aryl methyl sites for hydroxylation is 2. The van der Waals surface area contributed by atoms with E-state index in [2.05, 4.69) is 19.8 Å². The van der Waals surface area contributed by atoms with Gasteiger partial charge in [-0.15, -0.1) is 5.10 Å². The van der Waals surface area contributed by atoms with E-state index in [1.54, 1.807) is 10.7 Å². The Balaban J connectivity index is 1.56. The second-order valence-electron chi connectivity index (χ2n) is 7.79. The molecule has 1 heterocycles. The second kappa shape index (κ2) is 8.23. The van der Waals surface area contributed by atoms with Gasteiger partial charge < -0.3 is 4.74 Å². The van der Waals surface area contributed by atoms with Gasteiger partial charge in [0.05, 0.1) is 24.2 Å². The quantitative estimate of drug-likeness (QED) is 0.748. The summed E-state index contributed by atoms with van der Waals surface area (Å²) in [6.45, 7) is 0. The first-order chi connectivity index (χ1) is 14.0. The number of aromatic nitrogens is 3. The molecule has 0 radical (unpaired) electrons. The second-order valence-corrected chi connectivity index (χ2v) is 9.51. The molecule has 0 aliphatic heterocycles. The van der Waals surface area contributed by atoms with Crippen LogP contribution in [0.15, 0.2) is 29.3 Å². The first-order valence-corrected chi connectivity index (χ1v) is 11.6. The number of nitrogens with zero attached hydrogens (tertiary/aromatic N) is 3. The molecule has 0 amide bonds. The summed E-state index contributed by atoms with van der Waals surface area (Å²) in [5.74, 6) is -0.557. The van der Waals surface area contributed by atoms with Gasteiger partial charge >= 0.3 is 5.97 Å². The number of sulfonamides is 1. The molecule has 2 aliphatic rings. The lowest BCUT2D eigenvalue weighted by Gasteiger charge is -2.31. The lowest BCUT2D eigenvalue weighted by molar-refractivity contribution is 0.0594. The van der Waals surface area contributed by atoms with Gasteiger partial charge in [0.15, 0.2) is 5.69 Å². The van der Waals surface area contributed by atoms with Crippen molar-refractivity contribution in [2.75, 3.05) is 7.11 Å². The van der Waals surface area contributed by atoms with Crippen LogP contribution in [0.25, 0.3) is 0 Å². The summed E-state index contributed by atoms with van der Waals surface area (Å²) in [5.41, 5.74) is 2.51. The summed E-state index contributed by atoms with van der Waals surface area (Å²) in [6, 6.07) is 4.97. The predicted molar refractivity (Wildman–Crippen MR) is 106 cm³/mol. The zero-order valence-corrected chi connectivity index (χ0v) is 17.3. The first-order valence-electron chi connectivity index (χ1n) is 10.1. The molecule has 8 nitrogen and oxygen atoms in total. The summed E-state index contributed by atoms with van der Waals surface area (Å²) in [5, 5.41) is 7.91. The largest absolute Gasteiger partial charge is 0.464 e. The highest BCUT2D eigenvalue weighted by Gasteiger charge is 2.32. The maximum atomic E-state index is 13.1. The van der Waals surface area contributed by atoms with Crippen molar-refractivity contribution in [3.8, 4) is 0 Å². The van der Waals surface area contributed by atoms with Crippen LogP contribution in [0.5, 0.6) is 0 Å². The summed E-state index contributed by atoms with van der Waals surface area (Å²) < 4.78 is 35.3. The van der Waals surface area contributed by atoms with Crippen molar-refractivity contribution in [1.82, 2.24) is 19.7 Å². The number of ether oxygens (including phenoxy) is 1. The molecule has 2 aliphatic carbocycles. The van der Waals surface area contributed by atoms with Crippen LogP contribution in [0.1, 0.15) is 66.2 Å². The summed E-state index contributed by atoms with van der Waals surface area (Å²) >= 11 is 0. The minimum absolute atomic E-state index is 0.120. The van der Waals surface area contributed by atoms with Gasteiger partial charge in [-0.2, -0.15) is 0 Å². The van der Waals surface area contributed by atoms with Crippen LogP contribution in [0.2, 0.25) is 0 Å². The van der Waals surface area contributed by atoms with E-state index in [9.17, 15) is 13.2 Å². The van der Waals surface area contributed by atoms with Crippen molar-refractivity contribution in [2.45, 2.75) is 68.3 Å². The van der Waals surface area contributed by atoms with E-state index in [1.807, 2.05) is 12.1 Å². The van der Waals surface area contributed by atoms with E-state index in [0.717, 1.165) is 50.5 Å². The van der Waals surface area contributed by atoms with E-state index < -0.39 is 16.0 Å². The fraction of sp³-hybridized carbons (Fsp3) is 0.550. The monoisotopic (exact) mass is 418 g/mol. The lowest BCUT2D eigenvalue weighted by atomic mass is 9.91. The van der Waals surface area contributed by atoms with Gasteiger partial charge in [0.25, 0.3) is 0 Å². The lowest BCUT2D eigenvalue weighted by Crippen LogP contribution is -2.43. The maximum absolute atomic E-state index is 13.1. The Morgan fingerprint density at radius 1 is 1.14 bits per heavy atom. The fourth-order valence-corrected chi connectivity index (χ4v) is 5.70. The molecule has 1 N–H and O–H groups in total. The number of carbonyl (C=O) groups excluding carboxylic acids is 1. The third-order valence-corrected chi connectivity index (χ3v) is 7.40. The molecular weight excluding hydrogens is 392 g/mol. The topological polar surface area (TPSA) is 103 Å². The van der Waals surface area contributed by atoms with Crippen LogP contribution in [0.3, 0.4) is 0 Å². The van der Waals surface area contributed by atoms with Gasteiger partial charge in [-0.05, 0) is 61.8 Å². The van der Waals surface area contributed by atoms with Gasteiger partial charge in [0.2, 0.25) is 10.0 Å². The number of hydrogen-bond acceptors (Lipinski definition) is 6. The number of rotatable bonds is 5. The predicted octanol–water partition coefficient (Wildman–Crippen LogP) is 2.41. The van der Waals surface area contributed by atoms with Gasteiger partial charge in [-0.25, -0.2) is 22.6 Å². The van der Waals surface area contributed by atoms with Gasteiger partial charge in [0, 0.05) is 6.04 Å². The number of methoxy groups -OCH3 is 1. The highest BCUT2D eigenvalue weighted by atomic mass is 32.2. The number of hydrogen-bond donors (Lipinski definition) is 1. The zero-order chi connectivity index (χ0) is 20.4. The molecule has 0 spiro atoms. The fourth-order valence-electron chi connectivity index (χ4n) is 4.35. The SMILES string of the molecule is COC(=O)c1cn([C@H]2CCCC[C@@H]2NS(=O)(=O)c2ccc3c(c2)CCCC3)nn1. The number of fused-ring (bicyclic) bond motifs is 1. The van der Waals surface area contributed by atoms with E-state index in [1.165, 1.54) is 18.9 Å². The Kier molecular flexibility index (Phi) is 5.69. The number of nitrogens with one attached hydrogen (secondary N) is 1. The average Bonchev–Trinajstić information content (AvgIpc) is 3.23. The maximum Gasteiger partial charge on any atom is 0.360 e. The highest BCUT2D eigenvalue weighted by Crippen LogP contribution is 2.30. The summed E-state index contributed by atoms with van der Waals surface area (Å²) in [6.07, 6.45) is 9.12. The van der Waals surface area contributed by atoms with Crippen molar-refractivity contribution < 1.29 is 17.9 Å². The van der Waals surface area contributed by atoms with Crippen molar-refractivity contribution in [1.29, 1.82) is 0 Å². The van der Waals surface area contributed by atoms with Gasteiger partial charge in [-0.1, -0.05) is 24.1 Å². The number of esters is 1. The standard InChI is InChI=1S/C20H26N4O4S/c1-28-20(25)18-13-24(23-21-18)19-9-5-4-8-17(19)22-29(26,27)16-11-10-14-6-2-3-7-15(14)12-16/h10-13,17,19,22H,2-9H2,1H3/t17-,19-/m0/s1. The molecule has 1 aromatic carbocycles. The van der Waals surface area contributed by atoms with E-state index in [4.69, 9.17) is 0 Å². The van der Waals surface area contributed by atoms with E-state index in [-0.39, 0.29) is 17.8 Å². The van der Waals surface area contributed by atoms with Crippen LogP contribution < -0.4 is 4.72 Å². The van der Waals surface area contributed by atoms with E-state index >= 15 is 0 Å². The van der Waals surface area contributed by atoms with Crippen LogP contribution >= 0.6 is 0 Å². The number of carbonyl (C=O) groups is 1. The molecule has 2 atom stereocenters. The van der Waals surface area contributed by atoms with Crippen molar-refractivity contribution in [3.63, 3.8) is 0 Å². The van der Waals surface area contributed by atoms with Crippen molar-refractivity contribution >= 4 is 16.0 Å². The minimum Gasteiger partial charge on any atom is -0.464 e. The molecule has 29 heavy (non-hydrogen) atoms. The van der Waals surface area contributed by atoms with E-state index in [0.29, 0.717) is 11.3 Å². The highest BCUT2D eigenvalue weighted by molar-refractivity contribution is 7.89. The minimum atomic E-state index is -3.65. The van der Waals surface area contributed by atoms with Crippen LogP contribution in [-0.2, 0) is 27.6 Å². The molecule has 9 heteroatoms. The average molecular weight is 419 g/mol. The molecule has 0 bridgehead atoms. The van der Waals surface area contributed by atoms with Gasteiger partial charge in [0.1, 0.15) is 0 Å². The smallest absolute Gasteiger partial charge is 0.360 e. The van der Waals surface area contributed by atoms with Crippen molar-refractivity contribution in [2.24, 2.45) is 0 Å². The molecule has 1 saturated carbocycles. The molecule has 0 unspecified atom stereocenters. The molecular formula is C20H26N4O4S. The Bertz CT molecular complexity index is 1000. The van der Waals surface area contributed by atoms with Crippen LogP contribution in [-0.4, -0.2) is 42.5 Å². The molecule has 156 valence electrons. The number of benzene rings is 1. The third-order valence-electron chi connectivity index (χ3n) is 5.91. The summed E-state index contributed by atoms with van der Waals surface area (Å²) in [7, 11) is -2.36.